The maximum absolute atomic E-state index is 13.6. The Morgan fingerprint density at radius 2 is 2.14 bits per heavy atom. The van der Waals surface area contributed by atoms with Crippen LogP contribution < -0.4 is 5.32 Å². The first-order valence-electron chi connectivity index (χ1n) is 8.97. The summed E-state index contributed by atoms with van der Waals surface area (Å²) in [5.74, 6) is 0.0645. The van der Waals surface area contributed by atoms with Gasteiger partial charge in [-0.3, -0.25) is 4.99 Å². The van der Waals surface area contributed by atoms with Crippen LogP contribution in [0.25, 0.3) is 0 Å². The Hall–Kier alpha value is -1.34. The number of guanidine groups is 1. The molecular weight excluding hydrogens is 518 g/mol. The van der Waals surface area contributed by atoms with E-state index in [0.717, 1.165) is 6.42 Å². The Kier molecular flexibility index (Phi) is 9.89. The fourth-order valence-electron chi connectivity index (χ4n) is 2.78. The number of aryl methyl sites for hydroxylation is 1. The fraction of sp³-hybridized carbons (Fsp3) is 0.556. The first-order valence-corrected chi connectivity index (χ1v) is 9.85. The van der Waals surface area contributed by atoms with E-state index in [4.69, 9.17) is 0 Å². The first kappa shape index (κ1) is 25.7. The largest absolute Gasteiger partial charge is 0.424 e. The van der Waals surface area contributed by atoms with E-state index in [2.05, 4.69) is 15.3 Å². The summed E-state index contributed by atoms with van der Waals surface area (Å²) < 4.78 is 41.9. The number of imidazole rings is 1. The van der Waals surface area contributed by atoms with Crippen LogP contribution in [-0.2, 0) is 19.1 Å². The summed E-state index contributed by atoms with van der Waals surface area (Å²) in [5, 5.41) is 15.5. The lowest BCUT2D eigenvalue weighted by atomic mass is 9.98. The minimum Gasteiger partial charge on any atom is -0.374 e. The zero-order valence-electron chi connectivity index (χ0n) is 16.6. The molecule has 2 aromatic rings. The monoisotopic (exact) mass is 545 g/mol. The molecule has 11 heteroatoms. The van der Waals surface area contributed by atoms with Gasteiger partial charge in [0, 0.05) is 57.4 Å². The predicted molar refractivity (Wildman–Crippen MR) is 120 cm³/mol. The number of rotatable bonds is 8. The van der Waals surface area contributed by atoms with Crippen LogP contribution in [0.5, 0.6) is 0 Å². The average molecular weight is 545 g/mol. The van der Waals surface area contributed by atoms with Gasteiger partial charge in [-0.25, -0.2) is 4.98 Å². The zero-order chi connectivity index (χ0) is 20.8. The first-order chi connectivity index (χ1) is 13.2. The number of hydrogen-bond donors (Lipinski definition) is 2. The topological polar surface area (TPSA) is 65.7 Å². The van der Waals surface area contributed by atoms with Crippen LogP contribution in [0.4, 0.5) is 13.2 Å². The Morgan fingerprint density at radius 1 is 1.41 bits per heavy atom. The third-order valence-electron chi connectivity index (χ3n) is 4.37. The van der Waals surface area contributed by atoms with Crippen molar-refractivity contribution in [1.29, 1.82) is 0 Å². The predicted octanol–water partition coefficient (Wildman–Crippen LogP) is 3.38. The summed E-state index contributed by atoms with van der Waals surface area (Å²) in [6.07, 6.45) is -2.05. The summed E-state index contributed by atoms with van der Waals surface area (Å²) >= 11 is 1.66. The van der Waals surface area contributed by atoms with Gasteiger partial charge in [0.05, 0.1) is 0 Å². The lowest BCUT2D eigenvalue weighted by Crippen LogP contribution is -2.45. The number of nitrogens with zero attached hydrogens (tertiary/aromatic N) is 4. The van der Waals surface area contributed by atoms with Gasteiger partial charge in [0.25, 0.3) is 0 Å². The van der Waals surface area contributed by atoms with Gasteiger partial charge in [-0.1, -0.05) is 6.07 Å². The molecule has 0 amide bonds. The highest BCUT2D eigenvalue weighted by atomic mass is 127. The third kappa shape index (κ3) is 6.57. The highest BCUT2D eigenvalue weighted by Gasteiger charge is 2.57. The van der Waals surface area contributed by atoms with Crippen molar-refractivity contribution in [2.75, 3.05) is 26.7 Å². The molecule has 2 aromatic heterocycles. The molecule has 0 aromatic carbocycles. The van der Waals surface area contributed by atoms with Crippen molar-refractivity contribution >= 4 is 41.3 Å². The normalized spacial score (nSPS) is 14.2. The average Bonchev–Trinajstić information content (AvgIpc) is 3.29. The van der Waals surface area contributed by atoms with Crippen molar-refractivity contribution in [3.05, 3.63) is 40.6 Å². The number of thiophene rings is 1. The number of aliphatic imine (C=N–C) groups is 1. The van der Waals surface area contributed by atoms with Crippen LogP contribution >= 0.6 is 35.3 Å². The minimum absolute atomic E-state index is 0. The van der Waals surface area contributed by atoms with Gasteiger partial charge < -0.3 is 19.9 Å². The molecule has 0 spiro atoms. The molecule has 0 fully saturated rings. The number of aliphatic hydroxyl groups is 1. The Balaban J connectivity index is 0.00000420. The maximum Gasteiger partial charge on any atom is 0.424 e. The SMILES string of the molecule is CCNC(=NCCC(O)(c1nccn1C)C(F)(F)F)N(C)CCc1cccs1.I. The van der Waals surface area contributed by atoms with E-state index in [-0.39, 0.29) is 30.5 Å². The molecule has 164 valence electrons. The van der Waals surface area contributed by atoms with Crippen LogP contribution in [0.1, 0.15) is 24.0 Å². The summed E-state index contributed by atoms with van der Waals surface area (Å²) in [6, 6.07) is 4.02. The molecule has 1 atom stereocenters. The number of aromatic nitrogens is 2. The molecule has 6 nitrogen and oxygen atoms in total. The standard InChI is InChI=1S/C18H26F3N5OS.HI/c1-4-22-16(26(3)11-7-14-6-5-13-28-14)24-9-8-17(27,18(19,20)21)15-23-10-12-25(15)2;/h5-6,10,12-13,27H,4,7-9,11H2,1-3H3,(H,22,24);1H. The van der Waals surface area contributed by atoms with Crippen LogP contribution in [0.3, 0.4) is 0 Å². The van der Waals surface area contributed by atoms with Gasteiger partial charge in [0.2, 0.25) is 5.60 Å². The summed E-state index contributed by atoms with van der Waals surface area (Å²) in [4.78, 5) is 11.1. The molecule has 2 N–H and O–H groups in total. The van der Waals surface area contributed by atoms with Gasteiger partial charge in [-0.05, 0) is 24.8 Å². The number of hydrogen-bond acceptors (Lipinski definition) is 4. The van der Waals surface area contributed by atoms with E-state index in [9.17, 15) is 18.3 Å². The van der Waals surface area contributed by atoms with Crippen molar-refractivity contribution in [2.24, 2.45) is 12.0 Å². The van der Waals surface area contributed by atoms with Gasteiger partial charge in [0.15, 0.2) is 5.96 Å². The Bertz CT molecular complexity index is 766. The molecule has 29 heavy (non-hydrogen) atoms. The smallest absolute Gasteiger partial charge is 0.374 e. The van der Waals surface area contributed by atoms with Gasteiger partial charge in [0.1, 0.15) is 5.82 Å². The quantitative estimate of drug-likeness (QED) is 0.304. The van der Waals surface area contributed by atoms with E-state index in [1.165, 1.54) is 28.9 Å². The highest BCUT2D eigenvalue weighted by molar-refractivity contribution is 14.0. The van der Waals surface area contributed by atoms with Gasteiger partial charge >= 0.3 is 6.18 Å². The summed E-state index contributed by atoms with van der Waals surface area (Å²) in [7, 11) is 3.26. The van der Waals surface area contributed by atoms with E-state index < -0.39 is 24.0 Å². The van der Waals surface area contributed by atoms with Crippen molar-refractivity contribution in [1.82, 2.24) is 19.8 Å². The van der Waals surface area contributed by atoms with Gasteiger partial charge in [-0.15, -0.1) is 35.3 Å². The van der Waals surface area contributed by atoms with E-state index in [0.29, 0.717) is 19.0 Å². The Labute approximate surface area is 189 Å². The molecule has 0 aliphatic rings. The second kappa shape index (κ2) is 11.2. The molecular formula is C18H27F3IN5OS. The molecule has 0 aliphatic heterocycles. The third-order valence-corrected chi connectivity index (χ3v) is 5.30. The maximum atomic E-state index is 13.6. The molecule has 2 rings (SSSR count). The number of likely N-dealkylation sites (N-methyl/N-ethyl adjacent to an activating group) is 1. The van der Waals surface area contributed by atoms with E-state index >= 15 is 0 Å². The second-order valence-corrected chi connectivity index (χ2v) is 7.49. The molecule has 1 unspecified atom stereocenters. The van der Waals surface area contributed by atoms with E-state index in [1.807, 2.05) is 36.4 Å². The number of halogens is 4. The summed E-state index contributed by atoms with van der Waals surface area (Å²) in [6.45, 7) is 2.96. The Morgan fingerprint density at radius 3 is 2.66 bits per heavy atom. The fourth-order valence-corrected chi connectivity index (χ4v) is 3.47. The highest BCUT2D eigenvalue weighted by Crippen LogP contribution is 2.40. The van der Waals surface area contributed by atoms with Crippen LogP contribution in [0.2, 0.25) is 0 Å². The zero-order valence-corrected chi connectivity index (χ0v) is 19.8. The lowest BCUT2D eigenvalue weighted by Gasteiger charge is -2.29. The van der Waals surface area contributed by atoms with Gasteiger partial charge in [-0.2, -0.15) is 13.2 Å². The molecule has 0 saturated heterocycles. The number of alkyl halides is 3. The molecule has 0 saturated carbocycles. The number of nitrogens with one attached hydrogen (secondary N) is 1. The van der Waals surface area contributed by atoms with E-state index in [1.54, 1.807) is 11.3 Å². The van der Waals surface area contributed by atoms with Crippen LogP contribution in [0.15, 0.2) is 34.9 Å². The minimum atomic E-state index is -4.86. The molecule has 0 bridgehead atoms. The van der Waals surface area contributed by atoms with Crippen molar-refractivity contribution in [2.45, 2.75) is 31.5 Å². The van der Waals surface area contributed by atoms with Crippen molar-refractivity contribution in [3.8, 4) is 0 Å². The lowest BCUT2D eigenvalue weighted by molar-refractivity contribution is -0.272. The van der Waals surface area contributed by atoms with Crippen LogP contribution in [-0.4, -0.2) is 58.4 Å². The van der Waals surface area contributed by atoms with Crippen LogP contribution in [0, 0.1) is 0 Å². The molecule has 0 radical (unpaired) electrons. The second-order valence-electron chi connectivity index (χ2n) is 6.46. The molecule has 0 aliphatic carbocycles. The van der Waals surface area contributed by atoms with Crippen molar-refractivity contribution in [3.63, 3.8) is 0 Å². The van der Waals surface area contributed by atoms with Crippen molar-refractivity contribution < 1.29 is 18.3 Å². The summed E-state index contributed by atoms with van der Waals surface area (Å²) in [5.41, 5.74) is -3.05. The molecule has 2 heterocycles.